The Morgan fingerprint density at radius 3 is 2.11 bits per heavy atom. The highest BCUT2D eigenvalue weighted by molar-refractivity contribution is 7.92. The molecule has 0 saturated carbocycles. The van der Waals surface area contributed by atoms with E-state index in [0.717, 1.165) is 21.5 Å². The van der Waals surface area contributed by atoms with E-state index in [4.69, 9.17) is 0 Å². The van der Waals surface area contributed by atoms with Crippen molar-refractivity contribution < 1.29 is 22.4 Å². The topological polar surface area (TPSA) is 86.8 Å². The molecule has 202 valence electrons. The van der Waals surface area contributed by atoms with Crippen molar-refractivity contribution >= 4 is 27.5 Å². The summed E-state index contributed by atoms with van der Waals surface area (Å²) in [5, 5.41) is 2.85. The van der Waals surface area contributed by atoms with Gasteiger partial charge in [-0.05, 0) is 57.0 Å². The summed E-state index contributed by atoms with van der Waals surface area (Å²) >= 11 is 0. The second-order valence-corrected chi connectivity index (χ2v) is 11.2. The van der Waals surface area contributed by atoms with Gasteiger partial charge in [0.1, 0.15) is 18.4 Å². The van der Waals surface area contributed by atoms with E-state index in [2.05, 4.69) is 5.32 Å². The van der Waals surface area contributed by atoms with E-state index in [1.54, 1.807) is 25.1 Å². The Balaban J connectivity index is 2.06. The summed E-state index contributed by atoms with van der Waals surface area (Å²) in [5.74, 6) is -1.75. The van der Waals surface area contributed by atoms with Crippen LogP contribution in [0.25, 0.3) is 0 Å². The first-order valence-electron chi connectivity index (χ1n) is 12.5. The third kappa shape index (κ3) is 6.98. The van der Waals surface area contributed by atoms with Crippen molar-refractivity contribution in [2.45, 2.75) is 57.6 Å². The van der Waals surface area contributed by atoms with E-state index in [9.17, 15) is 22.4 Å². The van der Waals surface area contributed by atoms with Crippen molar-refractivity contribution in [2.24, 2.45) is 0 Å². The van der Waals surface area contributed by atoms with Crippen molar-refractivity contribution in [3.05, 3.63) is 95.8 Å². The van der Waals surface area contributed by atoms with Gasteiger partial charge in [0, 0.05) is 12.6 Å². The van der Waals surface area contributed by atoms with Gasteiger partial charge in [0.25, 0.3) is 10.0 Å². The number of nitrogens with one attached hydrogen (secondary N) is 1. The normalized spacial score (nSPS) is 12.2. The van der Waals surface area contributed by atoms with Crippen LogP contribution < -0.4 is 9.62 Å². The largest absolute Gasteiger partial charge is 0.352 e. The predicted molar refractivity (Wildman–Crippen MR) is 146 cm³/mol. The summed E-state index contributed by atoms with van der Waals surface area (Å²) in [4.78, 5) is 28.3. The molecule has 0 bridgehead atoms. The summed E-state index contributed by atoms with van der Waals surface area (Å²) in [6, 6.07) is 19.5. The molecule has 3 rings (SSSR count). The Bertz CT molecular complexity index is 1350. The highest BCUT2D eigenvalue weighted by Gasteiger charge is 2.34. The number of sulfonamides is 1. The zero-order chi connectivity index (χ0) is 27.9. The first-order valence-corrected chi connectivity index (χ1v) is 14.0. The lowest BCUT2D eigenvalue weighted by atomic mass is 10.1. The third-order valence-electron chi connectivity index (χ3n) is 6.02. The maximum absolute atomic E-state index is 14.9. The van der Waals surface area contributed by atoms with Crippen molar-refractivity contribution in [1.29, 1.82) is 0 Å². The molecule has 1 unspecified atom stereocenters. The molecule has 7 nitrogen and oxygen atoms in total. The van der Waals surface area contributed by atoms with Crippen LogP contribution in [0.15, 0.2) is 83.8 Å². The second-order valence-electron chi connectivity index (χ2n) is 9.37. The van der Waals surface area contributed by atoms with Gasteiger partial charge in [0.15, 0.2) is 0 Å². The Labute approximate surface area is 224 Å². The fourth-order valence-corrected chi connectivity index (χ4v) is 5.52. The number of benzene rings is 3. The van der Waals surface area contributed by atoms with Crippen LogP contribution in [-0.2, 0) is 26.2 Å². The van der Waals surface area contributed by atoms with Crippen LogP contribution in [-0.4, -0.2) is 43.8 Å². The fraction of sp³-hybridized carbons (Fsp3) is 0.310. The van der Waals surface area contributed by atoms with Crippen LogP contribution in [0.4, 0.5) is 10.1 Å². The molecule has 0 spiro atoms. The number of amides is 2. The Kier molecular flexibility index (Phi) is 9.63. The van der Waals surface area contributed by atoms with Crippen LogP contribution >= 0.6 is 0 Å². The number of hydrogen-bond acceptors (Lipinski definition) is 4. The first-order chi connectivity index (χ1) is 18.0. The van der Waals surface area contributed by atoms with Gasteiger partial charge in [0.05, 0.1) is 10.6 Å². The monoisotopic (exact) mass is 539 g/mol. The molecule has 0 aliphatic rings. The van der Waals surface area contributed by atoms with Gasteiger partial charge in [-0.1, -0.05) is 67.1 Å². The van der Waals surface area contributed by atoms with Crippen LogP contribution in [0, 0.1) is 12.7 Å². The molecule has 2 amide bonds. The van der Waals surface area contributed by atoms with Gasteiger partial charge < -0.3 is 10.2 Å². The van der Waals surface area contributed by atoms with E-state index in [1.807, 2.05) is 45.0 Å². The quantitative estimate of drug-likeness (QED) is 0.384. The highest BCUT2D eigenvalue weighted by atomic mass is 32.2. The number of nitrogens with zero attached hydrogens (tertiary/aromatic N) is 2. The summed E-state index contributed by atoms with van der Waals surface area (Å²) in [5.41, 5.74) is 1.57. The lowest BCUT2D eigenvalue weighted by molar-refractivity contribution is -0.140. The van der Waals surface area contributed by atoms with E-state index in [-0.39, 0.29) is 29.1 Å². The van der Waals surface area contributed by atoms with Gasteiger partial charge in [-0.15, -0.1) is 0 Å². The van der Waals surface area contributed by atoms with Crippen molar-refractivity contribution in [3.8, 4) is 0 Å². The van der Waals surface area contributed by atoms with Crippen LogP contribution in [0.3, 0.4) is 0 Å². The SMILES string of the molecule is CCC(C(=O)NC(C)C)N(Cc1ccc(C)cc1)C(=O)CN(c1ccccc1F)S(=O)(=O)c1ccccc1. The summed E-state index contributed by atoms with van der Waals surface area (Å²) < 4.78 is 43.0. The Morgan fingerprint density at radius 1 is 0.921 bits per heavy atom. The second kappa shape index (κ2) is 12.7. The zero-order valence-electron chi connectivity index (χ0n) is 22.1. The fourth-order valence-electron chi connectivity index (χ4n) is 4.08. The standard InChI is InChI=1S/C29H34FN3O4S/c1-5-26(29(35)31-21(2)3)32(19-23-17-15-22(4)16-18-23)28(34)20-33(27-14-10-9-13-25(27)30)38(36,37)24-11-7-6-8-12-24/h6-18,21,26H,5,19-20H2,1-4H3,(H,31,35). The first kappa shape index (κ1) is 28.8. The van der Waals surface area contributed by atoms with E-state index in [1.165, 1.54) is 35.2 Å². The third-order valence-corrected chi connectivity index (χ3v) is 7.80. The van der Waals surface area contributed by atoms with Crippen molar-refractivity contribution in [3.63, 3.8) is 0 Å². The molecule has 0 aliphatic carbocycles. The minimum absolute atomic E-state index is 0.0780. The number of anilines is 1. The van der Waals surface area contributed by atoms with Crippen molar-refractivity contribution in [1.82, 2.24) is 10.2 Å². The number of halogens is 1. The number of para-hydroxylation sites is 1. The molecule has 9 heteroatoms. The summed E-state index contributed by atoms with van der Waals surface area (Å²) in [7, 11) is -4.31. The molecule has 3 aromatic carbocycles. The number of carbonyl (C=O) groups is 2. The lowest BCUT2D eigenvalue weighted by Crippen LogP contribution is -2.53. The number of carbonyl (C=O) groups excluding carboxylic acids is 2. The van der Waals surface area contributed by atoms with Gasteiger partial charge in [-0.2, -0.15) is 0 Å². The molecule has 0 saturated heterocycles. The van der Waals surface area contributed by atoms with Crippen molar-refractivity contribution in [2.75, 3.05) is 10.8 Å². The van der Waals surface area contributed by atoms with Gasteiger partial charge in [-0.3, -0.25) is 13.9 Å². The highest BCUT2D eigenvalue weighted by Crippen LogP contribution is 2.27. The maximum atomic E-state index is 14.9. The minimum atomic E-state index is -4.31. The zero-order valence-corrected chi connectivity index (χ0v) is 22.9. The molecule has 0 aromatic heterocycles. The van der Waals surface area contributed by atoms with Gasteiger partial charge in [0.2, 0.25) is 11.8 Å². The summed E-state index contributed by atoms with van der Waals surface area (Å²) in [6.45, 7) is 6.77. The van der Waals surface area contributed by atoms with E-state index < -0.39 is 34.3 Å². The lowest BCUT2D eigenvalue weighted by Gasteiger charge is -2.33. The number of hydrogen-bond donors (Lipinski definition) is 1. The molecule has 0 radical (unpaired) electrons. The molecular weight excluding hydrogens is 505 g/mol. The maximum Gasteiger partial charge on any atom is 0.264 e. The molecule has 0 fully saturated rings. The molecule has 0 aliphatic heterocycles. The van der Waals surface area contributed by atoms with Gasteiger partial charge in [-0.25, -0.2) is 12.8 Å². The average Bonchev–Trinajstić information content (AvgIpc) is 2.88. The van der Waals surface area contributed by atoms with Crippen LogP contribution in [0.5, 0.6) is 0 Å². The number of rotatable bonds is 11. The predicted octanol–water partition coefficient (Wildman–Crippen LogP) is 4.66. The molecule has 0 heterocycles. The molecule has 1 atom stereocenters. The minimum Gasteiger partial charge on any atom is -0.352 e. The van der Waals surface area contributed by atoms with E-state index in [0.29, 0.717) is 6.42 Å². The smallest absolute Gasteiger partial charge is 0.264 e. The summed E-state index contributed by atoms with van der Waals surface area (Å²) in [6.07, 6.45) is 0.307. The molecule has 3 aromatic rings. The Hall–Kier alpha value is -3.72. The molecule has 38 heavy (non-hydrogen) atoms. The Morgan fingerprint density at radius 2 is 1.53 bits per heavy atom. The molecule has 1 N–H and O–H groups in total. The van der Waals surface area contributed by atoms with Crippen LogP contribution in [0.2, 0.25) is 0 Å². The van der Waals surface area contributed by atoms with Gasteiger partial charge >= 0.3 is 0 Å². The molecular formula is C29H34FN3O4S. The number of aryl methyl sites for hydroxylation is 1. The van der Waals surface area contributed by atoms with E-state index >= 15 is 0 Å². The van der Waals surface area contributed by atoms with Crippen LogP contribution in [0.1, 0.15) is 38.3 Å². The average molecular weight is 540 g/mol.